The monoisotopic (exact) mass is 325 g/mol. The fraction of sp³-hybridized carbons (Fsp3) is 0.231. The van der Waals surface area contributed by atoms with Gasteiger partial charge in [0.05, 0.1) is 17.1 Å². The average Bonchev–Trinajstić information content (AvgIpc) is 2.62. The van der Waals surface area contributed by atoms with Crippen LogP contribution in [0, 0.1) is 6.92 Å². The number of aryl methyl sites for hydroxylation is 1. The van der Waals surface area contributed by atoms with Crippen LogP contribution in [-0.4, -0.2) is 16.1 Å². The molecule has 0 aliphatic carbocycles. The number of aliphatic carboxylic acids is 1. The van der Waals surface area contributed by atoms with Gasteiger partial charge in [-0.1, -0.05) is 34.1 Å². The highest BCUT2D eigenvalue weighted by Gasteiger charge is 2.12. The van der Waals surface area contributed by atoms with Gasteiger partial charge in [-0.25, -0.2) is 4.98 Å². The quantitative estimate of drug-likeness (QED) is 0.936. The summed E-state index contributed by atoms with van der Waals surface area (Å²) in [5.41, 5.74) is 1.98. The molecule has 3 nitrogen and oxygen atoms in total. The van der Waals surface area contributed by atoms with Crippen LogP contribution in [0.5, 0.6) is 0 Å². The first-order valence-electron chi connectivity index (χ1n) is 5.46. The molecule has 0 saturated heterocycles. The zero-order valence-corrected chi connectivity index (χ0v) is 12.2. The van der Waals surface area contributed by atoms with Crippen LogP contribution in [0.1, 0.15) is 21.1 Å². The Morgan fingerprint density at radius 1 is 1.44 bits per heavy atom. The van der Waals surface area contributed by atoms with E-state index in [2.05, 4.69) is 20.9 Å². The third-order valence-corrected chi connectivity index (χ3v) is 4.48. The molecule has 0 radical (unpaired) electrons. The largest absolute Gasteiger partial charge is 0.481 e. The lowest BCUT2D eigenvalue weighted by molar-refractivity contribution is -0.136. The number of thiazole rings is 1. The summed E-state index contributed by atoms with van der Waals surface area (Å²) in [7, 11) is 0. The summed E-state index contributed by atoms with van der Waals surface area (Å²) in [6.45, 7) is 1.86. The van der Waals surface area contributed by atoms with Crippen LogP contribution in [0.2, 0.25) is 0 Å². The first kappa shape index (κ1) is 13.2. The summed E-state index contributed by atoms with van der Waals surface area (Å²) >= 11 is 4.98. The minimum absolute atomic E-state index is 0.0550. The van der Waals surface area contributed by atoms with Crippen molar-refractivity contribution in [3.8, 4) is 0 Å². The SMILES string of the molecule is Cc1nc(Cc2ccccc2Br)sc1CC(=O)O. The van der Waals surface area contributed by atoms with Gasteiger partial charge in [-0.15, -0.1) is 11.3 Å². The Morgan fingerprint density at radius 3 is 2.83 bits per heavy atom. The summed E-state index contributed by atoms with van der Waals surface area (Å²) in [6.07, 6.45) is 0.784. The highest BCUT2D eigenvalue weighted by atomic mass is 79.9. The van der Waals surface area contributed by atoms with Gasteiger partial charge < -0.3 is 5.11 Å². The standard InChI is InChI=1S/C13H12BrNO2S/c1-8-11(7-13(16)17)18-12(15-8)6-9-4-2-3-5-10(9)14/h2-5H,6-7H2,1H3,(H,16,17). The molecule has 0 saturated carbocycles. The number of carbonyl (C=O) groups is 1. The zero-order chi connectivity index (χ0) is 13.1. The number of hydrogen-bond donors (Lipinski definition) is 1. The number of hydrogen-bond acceptors (Lipinski definition) is 3. The van der Waals surface area contributed by atoms with E-state index in [1.807, 2.05) is 31.2 Å². The Hall–Kier alpha value is -1.20. The second-order valence-corrected chi connectivity index (χ2v) is 5.98. The van der Waals surface area contributed by atoms with Gasteiger partial charge in [0.25, 0.3) is 0 Å². The molecule has 2 rings (SSSR count). The van der Waals surface area contributed by atoms with E-state index in [9.17, 15) is 4.79 Å². The molecule has 1 N–H and O–H groups in total. The van der Waals surface area contributed by atoms with Crippen molar-refractivity contribution < 1.29 is 9.90 Å². The molecular formula is C13H12BrNO2S. The second-order valence-electron chi connectivity index (χ2n) is 3.95. The Kier molecular flexibility index (Phi) is 4.14. The molecule has 0 spiro atoms. The van der Waals surface area contributed by atoms with E-state index in [4.69, 9.17) is 5.11 Å². The Balaban J connectivity index is 2.20. The van der Waals surface area contributed by atoms with Gasteiger partial charge >= 0.3 is 5.97 Å². The van der Waals surface area contributed by atoms with Crippen LogP contribution < -0.4 is 0 Å². The van der Waals surface area contributed by atoms with E-state index in [1.54, 1.807) is 0 Å². The maximum Gasteiger partial charge on any atom is 0.308 e. The van der Waals surface area contributed by atoms with Gasteiger partial charge in [-0.2, -0.15) is 0 Å². The normalized spacial score (nSPS) is 10.6. The molecule has 1 aromatic heterocycles. The third kappa shape index (κ3) is 3.17. The van der Waals surface area contributed by atoms with Crippen LogP contribution >= 0.6 is 27.3 Å². The molecule has 18 heavy (non-hydrogen) atoms. The lowest BCUT2D eigenvalue weighted by atomic mass is 10.2. The summed E-state index contributed by atoms with van der Waals surface area (Å²) in [6, 6.07) is 7.99. The molecule has 0 aliphatic rings. The van der Waals surface area contributed by atoms with Crippen molar-refractivity contribution in [1.29, 1.82) is 0 Å². The number of halogens is 1. The number of rotatable bonds is 4. The average molecular weight is 326 g/mol. The van der Waals surface area contributed by atoms with E-state index < -0.39 is 5.97 Å². The van der Waals surface area contributed by atoms with E-state index in [1.165, 1.54) is 11.3 Å². The predicted octanol–water partition coefficient (Wildman–Crippen LogP) is 3.43. The summed E-state index contributed by atoms with van der Waals surface area (Å²) in [5, 5.41) is 9.76. The topological polar surface area (TPSA) is 50.2 Å². The van der Waals surface area contributed by atoms with E-state index in [-0.39, 0.29) is 6.42 Å². The molecule has 0 aliphatic heterocycles. The lowest BCUT2D eigenvalue weighted by Gasteiger charge is -2.00. The molecule has 0 unspecified atom stereocenters. The number of aromatic nitrogens is 1. The van der Waals surface area contributed by atoms with Crippen LogP contribution in [0.3, 0.4) is 0 Å². The minimum Gasteiger partial charge on any atom is -0.481 e. The van der Waals surface area contributed by atoms with E-state index >= 15 is 0 Å². The fourth-order valence-corrected chi connectivity index (χ4v) is 3.18. The highest BCUT2D eigenvalue weighted by molar-refractivity contribution is 9.10. The molecule has 0 bridgehead atoms. The maximum atomic E-state index is 10.7. The van der Waals surface area contributed by atoms with Gasteiger partial charge in [0, 0.05) is 15.8 Å². The first-order valence-corrected chi connectivity index (χ1v) is 7.07. The van der Waals surface area contributed by atoms with Gasteiger partial charge in [-0.3, -0.25) is 4.79 Å². The molecule has 1 aromatic carbocycles. The van der Waals surface area contributed by atoms with Crippen molar-refractivity contribution in [3.63, 3.8) is 0 Å². The van der Waals surface area contributed by atoms with Gasteiger partial charge in [0.15, 0.2) is 0 Å². The predicted molar refractivity (Wildman–Crippen MR) is 75.1 cm³/mol. The van der Waals surface area contributed by atoms with Gasteiger partial charge in [0.1, 0.15) is 0 Å². The van der Waals surface area contributed by atoms with E-state index in [0.29, 0.717) is 0 Å². The first-order chi connectivity index (χ1) is 8.56. The summed E-state index contributed by atoms with van der Waals surface area (Å²) in [4.78, 5) is 16.0. The maximum absolute atomic E-state index is 10.7. The summed E-state index contributed by atoms with van der Waals surface area (Å²) in [5.74, 6) is -0.811. The van der Waals surface area contributed by atoms with Crippen LogP contribution in [0.15, 0.2) is 28.7 Å². The highest BCUT2D eigenvalue weighted by Crippen LogP contribution is 2.24. The second kappa shape index (κ2) is 5.63. The van der Waals surface area contributed by atoms with Crippen molar-refractivity contribution in [2.75, 3.05) is 0 Å². The molecule has 5 heteroatoms. The molecule has 0 fully saturated rings. The van der Waals surface area contributed by atoms with E-state index in [0.717, 1.165) is 32.0 Å². The molecular weight excluding hydrogens is 314 g/mol. The van der Waals surface area contributed by atoms with Crippen LogP contribution in [0.25, 0.3) is 0 Å². The Bertz CT molecular complexity index is 580. The molecule has 0 amide bonds. The van der Waals surface area contributed by atoms with Crippen molar-refractivity contribution in [1.82, 2.24) is 4.98 Å². The van der Waals surface area contributed by atoms with Crippen LogP contribution in [0.4, 0.5) is 0 Å². The number of benzene rings is 1. The number of carboxylic acids is 1. The lowest BCUT2D eigenvalue weighted by Crippen LogP contribution is -1.99. The summed E-state index contributed by atoms with van der Waals surface area (Å²) < 4.78 is 1.05. The van der Waals surface area contributed by atoms with Crippen molar-refractivity contribution in [2.24, 2.45) is 0 Å². The Morgan fingerprint density at radius 2 is 2.17 bits per heavy atom. The van der Waals surface area contributed by atoms with Crippen LogP contribution in [-0.2, 0) is 17.6 Å². The minimum atomic E-state index is -0.811. The smallest absolute Gasteiger partial charge is 0.308 e. The van der Waals surface area contributed by atoms with Gasteiger partial charge in [-0.05, 0) is 18.6 Å². The molecule has 1 heterocycles. The molecule has 0 atom stereocenters. The van der Waals surface area contributed by atoms with Crippen molar-refractivity contribution in [2.45, 2.75) is 19.8 Å². The fourth-order valence-electron chi connectivity index (χ4n) is 1.67. The third-order valence-electron chi connectivity index (χ3n) is 2.55. The van der Waals surface area contributed by atoms with Crippen molar-refractivity contribution >= 4 is 33.2 Å². The molecule has 2 aromatic rings. The zero-order valence-electron chi connectivity index (χ0n) is 9.81. The van der Waals surface area contributed by atoms with Crippen molar-refractivity contribution in [3.05, 3.63) is 49.9 Å². The molecule has 94 valence electrons. The van der Waals surface area contributed by atoms with Gasteiger partial charge in [0.2, 0.25) is 0 Å². The number of nitrogens with zero attached hydrogens (tertiary/aromatic N) is 1. The Labute approximate surface area is 118 Å². The number of carboxylic acid groups (broad SMARTS) is 1.